The van der Waals surface area contributed by atoms with E-state index >= 15 is 0 Å². The summed E-state index contributed by atoms with van der Waals surface area (Å²) in [5.41, 5.74) is 2.47. The average Bonchev–Trinajstić information content (AvgIpc) is 3.20. The van der Waals surface area contributed by atoms with E-state index in [0.717, 1.165) is 27.6 Å². The van der Waals surface area contributed by atoms with E-state index in [4.69, 9.17) is 4.74 Å². The van der Waals surface area contributed by atoms with Crippen molar-refractivity contribution in [2.45, 2.75) is 10.9 Å². The molecule has 0 unspecified atom stereocenters. The quantitative estimate of drug-likeness (QED) is 0.256. The molecule has 30 heavy (non-hydrogen) atoms. The predicted molar refractivity (Wildman–Crippen MR) is 116 cm³/mol. The van der Waals surface area contributed by atoms with Crippen molar-refractivity contribution in [2.24, 2.45) is 7.05 Å². The molecule has 0 aliphatic heterocycles. The molecule has 0 radical (unpaired) electrons. The molecule has 2 heterocycles. The number of rotatable bonds is 7. The molecular formula is C22H19N5O2S. The first-order chi connectivity index (χ1) is 14.6. The standard InChI is InChI=1S/C22H19N5O2S/c1-27-22(24-25-26-27)30-14-19-12-17(6-8-21(19)29-2)20(28)7-4-15-3-5-18-13-23-10-9-16(18)11-15/h3-13H,14H2,1-2H3/b7-4+. The number of carbonyl (C=O) groups is 1. The van der Waals surface area contributed by atoms with E-state index in [2.05, 4.69) is 20.5 Å². The summed E-state index contributed by atoms with van der Waals surface area (Å²) in [5, 5.41) is 14.3. The van der Waals surface area contributed by atoms with E-state index in [1.807, 2.05) is 48.7 Å². The van der Waals surface area contributed by atoms with Crippen molar-refractivity contribution in [2.75, 3.05) is 7.11 Å². The van der Waals surface area contributed by atoms with Crippen molar-refractivity contribution in [3.05, 3.63) is 77.6 Å². The molecule has 4 rings (SSSR count). The minimum absolute atomic E-state index is 0.0703. The Bertz CT molecular complexity index is 1240. The zero-order chi connectivity index (χ0) is 20.9. The fourth-order valence-corrected chi connectivity index (χ4v) is 3.83. The summed E-state index contributed by atoms with van der Waals surface area (Å²) in [6, 6.07) is 13.4. The molecule has 0 bridgehead atoms. The summed E-state index contributed by atoms with van der Waals surface area (Å²) < 4.78 is 7.05. The molecule has 0 atom stereocenters. The highest BCUT2D eigenvalue weighted by molar-refractivity contribution is 7.98. The number of hydrogen-bond donors (Lipinski definition) is 0. The molecule has 0 spiro atoms. The minimum Gasteiger partial charge on any atom is -0.496 e. The summed E-state index contributed by atoms with van der Waals surface area (Å²) in [6.07, 6.45) is 7.00. The largest absolute Gasteiger partial charge is 0.496 e. The molecule has 0 amide bonds. The van der Waals surface area contributed by atoms with E-state index in [1.165, 1.54) is 11.8 Å². The monoisotopic (exact) mass is 417 g/mol. The van der Waals surface area contributed by atoms with Crippen molar-refractivity contribution in [3.63, 3.8) is 0 Å². The third kappa shape index (κ3) is 4.38. The summed E-state index contributed by atoms with van der Waals surface area (Å²) in [4.78, 5) is 16.9. The van der Waals surface area contributed by atoms with Gasteiger partial charge in [-0.2, -0.15) is 0 Å². The Hall–Kier alpha value is -3.52. The third-order valence-electron chi connectivity index (χ3n) is 4.59. The Morgan fingerprint density at radius 2 is 2.07 bits per heavy atom. The van der Waals surface area contributed by atoms with E-state index in [1.54, 1.807) is 37.2 Å². The van der Waals surface area contributed by atoms with Gasteiger partial charge in [0.2, 0.25) is 5.16 Å². The van der Waals surface area contributed by atoms with Crippen molar-refractivity contribution >= 4 is 34.4 Å². The van der Waals surface area contributed by atoms with Gasteiger partial charge in [-0.15, -0.1) is 5.10 Å². The molecule has 0 N–H and O–H groups in total. The van der Waals surface area contributed by atoms with Crippen molar-refractivity contribution < 1.29 is 9.53 Å². The van der Waals surface area contributed by atoms with Gasteiger partial charge < -0.3 is 4.74 Å². The molecule has 0 saturated heterocycles. The first-order valence-corrected chi connectivity index (χ1v) is 10.2. The number of hydrogen-bond acceptors (Lipinski definition) is 7. The van der Waals surface area contributed by atoms with Gasteiger partial charge >= 0.3 is 0 Å². The summed E-state index contributed by atoms with van der Waals surface area (Å²) in [6.45, 7) is 0. The number of allylic oxidation sites excluding steroid dienone is 1. The van der Waals surface area contributed by atoms with Gasteiger partial charge in [0.05, 0.1) is 7.11 Å². The molecule has 0 aliphatic rings. The van der Waals surface area contributed by atoms with Crippen LogP contribution in [0, 0.1) is 0 Å². The fourth-order valence-electron chi connectivity index (χ4n) is 3.00. The van der Waals surface area contributed by atoms with Crippen LogP contribution in [0.15, 0.2) is 66.1 Å². The minimum atomic E-state index is -0.0703. The van der Waals surface area contributed by atoms with Crippen LogP contribution in [0.3, 0.4) is 0 Å². The number of ketones is 1. The lowest BCUT2D eigenvalue weighted by molar-refractivity contribution is 0.104. The Balaban J connectivity index is 1.52. The molecule has 0 aliphatic carbocycles. The average molecular weight is 417 g/mol. The number of aromatic nitrogens is 5. The van der Waals surface area contributed by atoms with E-state index < -0.39 is 0 Å². The normalized spacial score (nSPS) is 11.3. The van der Waals surface area contributed by atoms with Crippen LogP contribution in [0.2, 0.25) is 0 Å². The molecule has 0 saturated carbocycles. The second kappa shape index (κ2) is 8.87. The second-order valence-electron chi connectivity index (χ2n) is 6.58. The number of nitrogens with zero attached hydrogens (tertiary/aromatic N) is 5. The second-order valence-corrected chi connectivity index (χ2v) is 7.52. The lowest BCUT2D eigenvalue weighted by Crippen LogP contribution is -1.99. The van der Waals surface area contributed by atoms with Crippen LogP contribution in [-0.4, -0.2) is 38.1 Å². The zero-order valence-corrected chi connectivity index (χ0v) is 17.3. The SMILES string of the molecule is COc1ccc(C(=O)/C=C/c2ccc3cnccc3c2)cc1CSc1nnnn1C. The number of aryl methyl sites for hydroxylation is 1. The highest BCUT2D eigenvalue weighted by atomic mass is 32.2. The summed E-state index contributed by atoms with van der Waals surface area (Å²) in [5.74, 6) is 1.24. The van der Waals surface area contributed by atoms with Gasteiger partial charge in [0.25, 0.3) is 0 Å². The van der Waals surface area contributed by atoms with Crippen LogP contribution >= 0.6 is 11.8 Å². The van der Waals surface area contributed by atoms with Crippen LogP contribution in [0.1, 0.15) is 21.5 Å². The summed E-state index contributed by atoms with van der Waals surface area (Å²) >= 11 is 1.48. The van der Waals surface area contributed by atoms with Gasteiger partial charge in [-0.3, -0.25) is 9.78 Å². The van der Waals surface area contributed by atoms with Crippen LogP contribution in [0.4, 0.5) is 0 Å². The molecule has 2 aromatic carbocycles. The highest BCUT2D eigenvalue weighted by Crippen LogP contribution is 2.27. The number of fused-ring (bicyclic) bond motifs is 1. The predicted octanol–water partition coefficient (Wildman–Crippen LogP) is 3.96. The number of benzene rings is 2. The molecular weight excluding hydrogens is 398 g/mol. The Morgan fingerprint density at radius 1 is 1.17 bits per heavy atom. The van der Waals surface area contributed by atoms with Gasteiger partial charge in [-0.25, -0.2) is 4.68 Å². The number of methoxy groups -OCH3 is 1. The van der Waals surface area contributed by atoms with E-state index in [-0.39, 0.29) is 5.78 Å². The van der Waals surface area contributed by atoms with Crippen molar-refractivity contribution in [1.82, 2.24) is 25.2 Å². The maximum absolute atomic E-state index is 12.7. The first kappa shape index (κ1) is 19.8. The topological polar surface area (TPSA) is 82.8 Å². The van der Waals surface area contributed by atoms with Gasteiger partial charge in [-0.05, 0) is 57.8 Å². The first-order valence-electron chi connectivity index (χ1n) is 9.22. The third-order valence-corrected chi connectivity index (χ3v) is 5.65. The van der Waals surface area contributed by atoms with E-state index in [9.17, 15) is 4.79 Å². The lowest BCUT2D eigenvalue weighted by Gasteiger charge is -2.09. The fraction of sp³-hybridized carbons (Fsp3) is 0.136. The smallest absolute Gasteiger partial charge is 0.209 e. The molecule has 150 valence electrons. The van der Waals surface area contributed by atoms with Crippen LogP contribution < -0.4 is 4.74 Å². The Kier molecular flexibility index (Phi) is 5.85. The molecule has 0 fully saturated rings. The molecule has 2 aromatic heterocycles. The highest BCUT2D eigenvalue weighted by Gasteiger charge is 2.11. The van der Waals surface area contributed by atoms with Crippen LogP contribution in [0.5, 0.6) is 5.75 Å². The molecule has 4 aromatic rings. The van der Waals surface area contributed by atoms with Crippen molar-refractivity contribution in [3.8, 4) is 5.75 Å². The van der Waals surface area contributed by atoms with Crippen molar-refractivity contribution in [1.29, 1.82) is 0 Å². The summed E-state index contributed by atoms with van der Waals surface area (Å²) in [7, 11) is 3.40. The number of pyridine rings is 1. The molecule has 7 nitrogen and oxygen atoms in total. The van der Waals surface area contributed by atoms with Gasteiger partial charge in [0.1, 0.15) is 5.75 Å². The number of ether oxygens (including phenoxy) is 1. The maximum atomic E-state index is 12.7. The molecule has 8 heteroatoms. The number of tetrazole rings is 1. The number of thioether (sulfide) groups is 1. The van der Waals surface area contributed by atoms with Crippen LogP contribution in [-0.2, 0) is 12.8 Å². The van der Waals surface area contributed by atoms with Gasteiger partial charge in [0.15, 0.2) is 5.78 Å². The maximum Gasteiger partial charge on any atom is 0.209 e. The Morgan fingerprint density at radius 3 is 2.87 bits per heavy atom. The zero-order valence-electron chi connectivity index (χ0n) is 16.5. The van der Waals surface area contributed by atoms with E-state index in [0.29, 0.717) is 16.5 Å². The Labute approximate surface area is 177 Å². The number of carbonyl (C=O) groups excluding carboxylic acids is 1. The van der Waals surface area contributed by atoms with Crippen LogP contribution in [0.25, 0.3) is 16.8 Å². The van der Waals surface area contributed by atoms with Gasteiger partial charge in [0, 0.05) is 41.7 Å². The van der Waals surface area contributed by atoms with Gasteiger partial charge in [-0.1, -0.05) is 30.0 Å². The lowest BCUT2D eigenvalue weighted by atomic mass is 10.0.